The van der Waals surface area contributed by atoms with E-state index in [0.717, 1.165) is 43.9 Å². The molecular formula is C26H37FN4O2. The van der Waals surface area contributed by atoms with Crippen LogP contribution in [0.25, 0.3) is 0 Å². The first-order chi connectivity index (χ1) is 15.8. The summed E-state index contributed by atoms with van der Waals surface area (Å²) in [5.74, 6) is 0.471. The number of piperazine rings is 1. The van der Waals surface area contributed by atoms with Gasteiger partial charge in [0, 0.05) is 49.5 Å². The van der Waals surface area contributed by atoms with Crippen molar-refractivity contribution in [3.05, 3.63) is 59.4 Å². The van der Waals surface area contributed by atoms with Crippen molar-refractivity contribution >= 4 is 11.6 Å². The molecule has 1 amide bonds. The first-order valence-corrected chi connectivity index (χ1v) is 11.8. The van der Waals surface area contributed by atoms with Crippen LogP contribution in [-0.2, 0) is 17.9 Å². The number of carbonyl (C=O) groups is 1. The Hall–Kier alpha value is -2.64. The number of nitrogen functional groups attached to an aromatic ring is 1. The van der Waals surface area contributed by atoms with Crippen molar-refractivity contribution in [3.8, 4) is 5.75 Å². The fourth-order valence-corrected chi connectivity index (χ4v) is 4.36. The Bertz CT molecular complexity index is 917. The van der Waals surface area contributed by atoms with E-state index < -0.39 is 0 Å². The Balaban J connectivity index is 1.59. The molecule has 1 saturated heterocycles. The molecule has 2 atom stereocenters. The maximum absolute atomic E-state index is 13.2. The number of nitrogens with zero attached hydrogens (tertiary/aromatic N) is 3. The molecule has 0 bridgehead atoms. The third-order valence-corrected chi connectivity index (χ3v) is 6.46. The summed E-state index contributed by atoms with van der Waals surface area (Å²) in [5, 5.41) is 0. The van der Waals surface area contributed by atoms with E-state index in [-0.39, 0.29) is 30.4 Å². The number of anilines is 1. The van der Waals surface area contributed by atoms with Crippen LogP contribution in [0, 0.1) is 5.82 Å². The minimum atomic E-state index is -0.225. The van der Waals surface area contributed by atoms with Crippen LogP contribution in [0.15, 0.2) is 42.5 Å². The summed E-state index contributed by atoms with van der Waals surface area (Å²) in [4.78, 5) is 19.6. The van der Waals surface area contributed by atoms with Crippen LogP contribution >= 0.6 is 0 Å². The maximum Gasteiger partial charge on any atom is 0.260 e. The van der Waals surface area contributed by atoms with Gasteiger partial charge >= 0.3 is 0 Å². The van der Waals surface area contributed by atoms with E-state index in [1.54, 1.807) is 0 Å². The normalized spacial score (nSPS) is 19.2. The number of amides is 1. The summed E-state index contributed by atoms with van der Waals surface area (Å²) >= 11 is 0. The van der Waals surface area contributed by atoms with Crippen LogP contribution in [0.2, 0.25) is 0 Å². The molecular weight excluding hydrogens is 419 g/mol. The fourth-order valence-electron chi connectivity index (χ4n) is 4.36. The zero-order valence-electron chi connectivity index (χ0n) is 20.3. The molecule has 0 aromatic heterocycles. The monoisotopic (exact) mass is 456 g/mol. The maximum atomic E-state index is 13.2. The molecule has 7 heteroatoms. The number of benzene rings is 2. The molecule has 2 aromatic rings. The van der Waals surface area contributed by atoms with Crippen molar-refractivity contribution in [1.82, 2.24) is 14.7 Å². The summed E-state index contributed by atoms with van der Waals surface area (Å²) in [6, 6.07) is 12.5. The van der Waals surface area contributed by atoms with Gasteiger partial charge in [0.05, 0.1) is 0 Å². The van der Waals surface area contributed by atoms with E-state index in [2.05, 4.69) is 37.5 Å². The van der Waals surface area contributed by atoms with Gasteiger partial charge in [0.2, 0.25) is 0 Å². The first kappa shape index (κ1) is 25.0. The van der Waals surface area contributed by atoms with Crippen LogP contribution < -0.4 is 10.5 Å². The lowest BCUT2D eigenvalue weighted by molar-refractivity contribution is -0.139. The zero-order valence-corrected chi connectivity index (χ0v) is 20.3. The number of ether oxygens (including phenoxy) is 1. The molecule has 2 aromatic carbocycles. The molecule has 2 N–H and O–H groups in total. The van der Waals surface area contributed by atoms with Gasteiger partial charge in [-0.05, 0) is 62.8 Å². The SMILES string of the molecule is CCN(CC)Cc1cc(N)ccc1OCC(=O)N1C[C@@H](C)N(Cc2ccc(F)cc2)C[C@@H]1C. The van der Waals surface area contributed by atoms with Gasteiger partial charge in [0.1, 0.15) is 11.6 Å². The first-order valence-electron chi connectivity index (χ1n) is 11.8. The van der Waals surface area contributed by atoms with E-state index in [0.29, 0.717) is 18.0 Å². The molecule has 1 aliphatic rings. The molecule has 1 heterocycles. The summed E-state index contributed by atoms with van der Waals surface area (Å²) in [6.07, 6.45) is 0. The van der Waals surface area contributed by atoms with E-state index in [1.165, 1.54) is 12.1 Å². The molecule has 0 radical (unpaired) electrons. The van der Waals surface area contributed by atoms with Crippen LogP contribution in [0.5, 0.6) is 5.75 Å². The molecule has 3 rings (SSSR count). The molecule has 33 heavy (non-hydrogen) atoms. The van der Waals surface area contributed by atoms with E-state index in [1.807, 2.05) is 35.2 Å². The molecule has 0 saturated carbocycles. The van der Waals surface area contributed by atoms with Crippen molar-refractivity contribution in [1.29, 1.82) is 0 Å². The number of nitrogens with two attached hydrogens (primary N) is 1. The molecule has 0 unspecified atom stereocenters. The van der Waals surface area contributed by atoms with E-state index in [9.17, 15) is 9.18 Å². The summed E-state index contributed by atoms with van der Waals surface area (Å²) in [7, 11) is 0. The predicted octanol–water partition coefficient (Wildman–Crippen LogP) is 3.75. The van der Waals surface area contributed by atoms with Crippen molar-refractivity contribution in [2.24, 2.45) is 0 Å². The third-order valence-electron chi connectivity index (χ3n) is 6.46. The second kappa shape index (κ2) is 11.5. The number of carbonyl (C=O) groups excluding carboxylic acids is 1. The highest BCUT2D eigenvalue weighted by atomic mass is 19.1. The topological polar surface area (TPSA) is 62.0 Å². The van der Waals surface area contributed by atoms with Crippen molar-refractivity contribution in [3.63, 3.8) is 0 Å². The van der Waals surface area contributed by atoms with Gasteiger partial charge in [-0.3, -0.25) is 14.6 Å². The number of halogens is 1. The lowest BCUT2D eigenvalue weighted by Crippen LogP contribution is -2.58. The van der Waals surface area contributed by atoms with Gasteiger partial charge < -0.3 is 15.4 Å². The molecule has 0 aliphatic carbocycles. The third kappa shape index (κ3) is 6.68. The van der Waals surface area contributed by atoms with Crippen molar-refractivity contribution in [2.45, 2.75) is 52.9 Å². The largest absolute Gasteiger partial charge is 0.483 e. The van der Waals surface area contributed by atoms with Gasteiger partial charge in [0.25, 0.3) is 5.91 Å². The molecule has 180 valence electrons. The van der Waals surface area contributed by atoms with Crippen molar-refractivity contribution in [2.75, 3.05) is 38.5 Å². The Labute approximate surface area is 197 Å². The second-order valence-electron chi connectivity index (χ2n) is 8.92. The van der Waals surface area contributed by atoms with Crippen molar-refractivity contribution < 1.29 is 13.9 Å². The quantitative estimate of drug-likeness (QED) is 0.583. The second-order valence-corrected chi connectivity index (χ2v) is 8.92. The van der Waals surface area contributed by atoms with Gasteiger partial charge in [-0.1, -0.05) is 26.0 Å². The molecule has 1 fully saturated rings. The summed E-state index contributed by atoms with van der Waals surface area (Å²) < 4.78 is 19.2. The predicted molar refractivity (Wildman–Crippen MR) is 130 cm³/mol. The Morgan fingerprint density at radius 3 is 2.45 bits per heavy atom. The van der Waals surface area contributed by atoms with Crippen LogP contribution in [-0.4, -0.2) is 65.5 Å². The lowest BCUT2D eigenvalue weighted by atomic mass is 10.1. The van der Waals surface area contributed by atoms with Gasteiger partial charge in [-0.2, -0.15) is 0 Å². The number of hydrogen-bond donors (Lipinski definition) is 1. The average Bonchev–Trinajstić information content (AvgIpc) is 2.80. The zero-order chi connectivity index (χ0) is 24.0. The van der Waals surface area contributed by atoms with Crippen LogP contribution in [0.3, 0.4) is 0 Å². The molecule has 6 nitrogen and oxygen atoms in total. The van der Waals surface area contributed by atoms with Gasteiger partial charge in [0.15, 0.2) is 6.61 Å². The van der Waals surface area contributed by atoms with E-state index >= 15 is 0 Å². The number of hydrogen-bond acceptors (Lipinski definition) is 5. The highest BCUT2D eigenvalue weighted by Gasteiger charge is 2.32. The minimum absolute atomic E-state index is 0.00416. The average molecular weight is 457 g/mol. The summed E-state index contributed by atoms with van der Waals surface area (Å²) in [5.41, 5.74) is 8.76. The highest BCUT2D eigenvalue weighted by Crippen LogP contribution is 2.24. The fraction of sp³-hybridized carbons (Fsp3) is 0.500. The Morgan fingerprint density at radius 1 is 1.09 bits per heavy atom. The minimum Gasteiger partial charge on any atom is -0.483 e. The van der Waals surface area contributed by atoms with E-state index in [4.69, 9.17) is 10.5 Å². The van der Waals surface area contributed by atoms with Gasteiger partial charge in [-0.15, -0.1) is 0 Å². The van der Waals surface area contributed by atoms with Crippen LogP contribution in [0.1, 0.15) is 38.8 Å². The van der Waals surface area contributed by atoms with Crippen LogP contribution in [0.4, 0.5) is 10.1 Å². The summed E-state index contributed by atoms with van der Waals surface area (Å²) in [6.45, 7) is 13.2. The lowest BCUT2D eigenvalue weighted by Gasteiger charge is -2.44. The van der Waals surface area contributed by atoms with Gasteiger partial charge in [-0.25, -0.2) is 4.39 Å². The Kier molecular flexibility index (Phi) is 8.69. The molecule has 0 spiro atoms. The smallest absolute Gasteiger partial charge is 0.260 e. The highest BCUT2D eigenvalue weighted by molar-refractivity contribution is 5.78. The Morgan fingerprint density at radius 2 is 1.79 bits per heavy atom. The number of rotatable bonds is 9. The molecule has 1 aliphatic heterocycles. The standard InChI is InChI=1S/C26H37FN4O2/c1-5-29(6-2)17-22-13-24(28)11-12-25(22)33-18-26(32)31-15-19(3)30(14-20(31)4)16-21-7-9-23(27)10-8-21/h7-13,19-20H,5-6,14-18,28H2,1-4H3/t19-,20+/m1/s1.